The van der Waals surface area contributed by atoms with Crippen LogP contribution in [0.2, 0.25) is 0 Å². The molecule has 0 bridgehead atoms. The smallest absolute Gasteiger partial charge is 0.327 e. The highest BCUT2D eigenvalue weighted by molar-refractivity contribution is 7.52. The molecule has 0 aromatic heterocycles. The standard InChI is InChI=1S/C21H45O4P/c1-4-5-6-7-8-9-10-11-12-13-14-15-16-17-19-24-20-18-21-25-26(3,22)23-2/h4-21H2,1-3H3. The van der Waals surface area contributed by atoms with Crippen molar-refractivity contribution in [2.45, 2.75) is 103 Å². The van der Waals surface area contributed by atoms with Gasteiger partial charge in [0.2, 0.25) is 0 Å². The van der Waals surface area contributed by atoms with Crippen LogP contribution in [0.15, 0.2) is 0 Å². The zero-order valence-electron chi connectivity index (χ0n) is 17.8. The Bertz CT molecular complexity index is 323. The van der Waals surface area contributed by atoms with Crippen molar-refractivity contribution < 1.29 is 18.3 Å². The van der Waals surface area contributed by atoms with Gasteiger partial charge in [0.05, 0.1) is 6.61 Å². The molecule has 0 heterocycles. The normalized spacial score (nSPS) is 13.8. The monoisotopic (exact) mass is 392 g/mol. The van der Waals surface area contributed by atoms with E-state index in [9.17, 15) is 4.57 Å². The van der Waals surface area contributed by atoms with E-state index in [1.54, 1.807) is 0 Å². The third kappa shape index (κ3) is 20.4. The molecule has 0 fully saturated rings. The summed E-state index contributed by atoms with van der Waals surface area (Å²) in [5.41, 5.74) is 0. The molecule has 4 nitrogen and oxygen atoms in total. The Balaban J connectivity index is 3.06. The first-order chi connectivity index (χ1) is 12.6. The molecule has 0 amide bonds. The van der Waals surface area contributed by atoms with Crippen molar-refractivity contribution in [2.75, 3.05) is 33.6 Å². The second kappa shape index (κ2) is 19.9. The molecule has 0 aliphatic rings. The van der Waals surface area contributed by atoms with Crippen molar-refractivity contribution in [3.05, 3.63) is 0 Å². The minimum absolute atomic E-state index is 0.431. The van der Waals surface area contributed by atoms with Crippen molar-refractivity contribution in [3.8, 4) is 0 Å². The van der Waals surface area contributed by atoms with Crippen LogP contribution in [-0.2, 0) is 18.3 Å². The van der Waals surface area contributed by atoms with E-state index in [4.69, 9.17) is 13.8 Å². The Morgan fingerprint density at radius 2 is 1.04 bits per heavy atom. The molecule has 1 atom stereocenters. The molecular weight excluding hydrogens is 347 g/mol. The van der Waals surface area contributed by atoms with Crippen LogP contribution in [0.5, 0.6) is 0 Å². The molecule has 26 heavy (non-hydrogen) atoms. The fraction of sp³-hybridized carbons (Fsp3) is 1.00. The second-order valence-electron chi connectivity index (χ2n) is 7.35. The third-order valence-corrected chi connectivity index (χ3v) is 6.05. The zero-order valence-corrected chi connectivity index (χ0v) is 18.7. The summed E-state index contributed by atoms with van der Waals surface area (Å²) in [5, 5.41) is 0. The summed E-state index contributed by atoms with van der Waals surface area (Å²) in [4.78, 5) is 0. The highest BCUT2D eigenvalue weighted by Gasteiger charge is 2.12. The number of rotatable bonds is 21. The van der Waals surface area contributed by atoms with E-state index in [0.29, 0.717) is 13.2 Å². The van der Waals surface area contributed by atoms with Crippen molar-refractivity contribution >= 4 is 7.60 Å². The Kier molecular flexibility index (Phi) is 19.9. The maximum Gasteiger partial charge on any atom is 0.327 e. The highest BCUT2D eigenvalue weighted by atomic mass is 31.2. The largest absolute Gasteiger partial charge is 0.381 e. The van der Waals surface area contributed by atoms with E-state index in [0.717, 1.165) is 19.4 Å². The molecule has 0 radical (unpaired) electrons. The van der Waals surface area contributed by atoms with E-state index in [1.165, 1.54) is 97.2 Å². The van der Waals surface area contributed by atoms with Gasteiger partial charge in [-0.25, -0.2) is 0 Å². The lowest BCUT2D eigenvalue weighted by Gasteiger charge is -2.11. The highest BCUT2D eigenvalue weighted by Crippen LogP contribution is 2.42. The molecule has 0 saturated heterocycles. The van der Waals surface area contributed by atoms with E-state index in [1.807, 2.05) is 0 Å². The van der Waals surface area contributed by atoms with Crippen LogP contribution in [0, 0.1) is 0 Å². The predicted octanol–water partition coefficient (Wildman–Crippen LogP) is 7.36. The number of hydrogen-bond donors (Lipinski definition) is 0. The molecule has 158 valence electrons. The summed E-state index contributed by atoms with van der Waals surface area (Å²) >= 11 is 0. The molecule has 0 rings (SSSR count). The molecule has 0 saturated carbocycles. The lowest BCUT2D eigenvalue weighted by molar-refractivity contribution is 0.113. The van der Waals surface area contributed by atoms with E-state index < -0.39 is 7.60 Å². The fourth-order valence-corrected chi connectivity index (χ4v) is 3.51. The first-order valence-corrected chi connectivity index (χ1v) is 13.0. The SMILES string of the molecule is CCCCCCCCCCCCCCCCOCCCOP(C)(=O)OC. The molecular formula is C21H45O4P. The summed E-state index contributed by atoms with van der Waals surface area (Å²) in [6.45, 7) is 5.69. The van der Waals surface area contributed by atoms with Crippen molar-refractivity contribution in [3.63, 3.8) is 0 Å². The topological polar surface area (TPSA) is 44.8 Å². The summed E-state index contributed by atoms with van der Waals surface area (Å²) < 4.78 is 27.0. The third-order valence-electron chi connectivity index (χ3n) is 4.73. The molecule has 0 aromatic carbocycles. The Hall–Kier alpha value is 0.110. The molecule has 1 unspecified atom stereocenters. The number of hydrogen-bond acceptors (Lipinski definition) is 4. The van der Waals surface area contributed by atoms with Gasteiger partial charge in [0, 0.05) is 27.0 Å². The van der Waals surface area contributed by atoms with Crippen molar-refractivity contribution in [1.82, 2.24) is 0 Å². The minimum atomic E-state index is -2.82. The van der Waals surface area contributed by atoms with Crippen LogP contribution in [-0.4, -0.2) is 33.6 Å². The van der Waals surface area contributed by atoms with Gasteiger partial charge in [0.15, 0.2) is 0 Å². The molecule has 0 aliphatic heterocycles. The van der Waals surface area contributed by atoms with Gasteiger partial charge in [-0.2, -0.15) is 0 Å². The summed E-state index contributed by atoms with van der Waals surface area (Å²) in [5.74, 6) is 0. The lowest BCUT2D eigenvalue weighted by Crippen LogP contribution is -2.01. The van der Waals surface area contributed by atoms with Gasteiger partial charge in [-0.15, -0.1) is 0 Å². The van der Waals surface area contributed by atoms with Gasteiger partial charge in [-0.1, -0.05) is 90.4 Å². The Morgan fingerprint density at radius 1 is 0.615 bits per heavy atom. The van der Waals surface area contributed by atoms with Crippen LogP contribution >= 0.6 is 7.60 Å². The minimum Gasteiger partial charge on any atom is -0.381 e. The quantitative estimate of drug-likeness (QED) is 0.151. The first kappa shape index (κ1) is 26.1. The molecule has 0 N–H and O–H groups in total. The van der Waals surface area contributed by atoms with E-state index >= 15 is 0 Å². The number of unbranched alkanes of at least 4 members (excludes halogenated alkanes) is 13. The Labute approximate surface area is 163 Å². The van der Waals surface area contributed by atoms with Gasteiger partial charge >= 0.3 is 7.60 Å². The maximum atomic E-state index is 11.5. The predicted molar refractivity (Wildman–Crippen MR) is 112 cm³/mol. The van der Waals surface area contributed by atoms with Gasteiger partial charge in [0.25, 0.3) is 0 Å². The first-order valence-electron chi connectivity index (χ1n) is 11.0. The summed E-state index contributed by atoms with van der Waals surface area (Å²) in [6.07, 6.45) is 20.0. The Morgan fingerprint density at radius 3 is 1.50 bits per heavy atom. The fourth-order valence-electron chi connectivity index (χ4n) is 2.94. The molecule has 0 aromatic rings. The van der Waals surface area contributed by atoms with Crippen LogP contribution < -0.4 is 0 Å². The van der Waals surface area contributed by atoms with Gasteiger partial charge in [0.1, 0.15) is 0 Å². The second-order valence-corrected chi connectivity index (χ2v) is 9.52. The van der Waals surface area contributed by atoms with Crippen LogP contribution in [0.3, 0.4) is 0 Å². The van der Waals surface area contributed by atoms with Crippen LogP contribution in [0.1, 0.15) is 103 Å². The molecule has 0 aliphatic carbocycles. The van der Waals surface area contributed by atoms with E-state index in [2.05, 4.69) is 6.92 Å². The van der Waals surface area contributed by atoms with Gasteiger partial charge < -0.3 is 13.8 Å². The van der Waals surface area contributed by atoms with Crippen LogP contribution in [0.4, 0.5) is 0 Å². The van der Waals surface area contributed by atoms with Crippen LogP contribution in [0.25, 0.3) is 0 Å². The van der Waals surface area contributed by atoms with Gasteiger partial charge in [-0.05, 0) is 12.8 Å². The van der Waals surface area contributed by atoms with Gasteiger partial charge in [-0.3, -0.25) is 4.57 Å². The summed E-state index contributed by atoms with van der Waals surface area (Å²) in [6, 6.07) is 0. The average molecular weight is 393 g/mol. The molecule has 0 spiro atoms. The zero-order chi connectivity index (χ0) is 19.3. The maximum absolute atomic E-state index is 11.5. The van der Waals surface area contributed by atoms with Crippen molar-refractivity contribution in [1.29, 1.82) is 0 Å². The lowest BCUT2D eigenvalue weighted by atomic mass is 10.0. The average Bonchev–Trinajstić information content (AvgIpc) is 2.63. The van der Waals surface area contributed by atoms with Crippen molar-refractivity contribution in [2.24, 2.45) is 0 Å². The van der Waals surface area contributed by atoms with E-state index in [-0.39, 0.29) is 0 Å². The summed E-state index contributed by atoms with van der Waals surface area (Å²) in [7, 11) is -1.41. The number of ether oxygens (including phenoxy) is 1. The molecule has 5 heteroatoms.